The predicted molar refractivity (Wildman–Crippen MR) is 186 cm³/mol. The van der Waals surface area contributed by atoms with Crippen molar-refractivity contribution in [3.8, 4) is 0 Å². The molecule has 294 valence electrons. The number of aliphatic hydroxyl groups excluding tert-OH is 1. The van der Waals surface area contributed by atoms with Gasteiger partial charge in [-0.2, -0.15) is 0 Å². The van der Waals surface area contributed by atoms with E-state index in [1.54, 1.807) is 14.0 Å². The van der Waals surface area contributed by atoms with Gasteiger partial charge in [-0.15, -0.1) is 0 Å². The average molecular weight is 747 g/mol. The molecule has 6 aliphatic heterocycles. The minimum absolute atomic E-state index is 0. The molecule has 0 aromatic rings. The van der Waals surface area contributed by atoms with Crippen molar-refractivity contribution < 1.29 is 82.8 Å². The number of rotatable bonds is 9. The van der Waals surface area contributed by atoms with Crippen LogP contribution in [0, 0.1) is 41.4 Å². The quantitative estimate of drug-likeness (QED) is 0.331. The molecule has 6 heterocycles. The molecule has 6 rings (SSSR count). The Morgan fingerprint density at radius 3 is 2.25 bits per heavy atom. The van der Waals surface area contributed by atoms with Crippen LogP contribution in [0.25, 0.3) is 0 Å². The number of hydrogen-bond acceptors (Lipinski definition) is 11. The summed E-state index contributed by atoms with van der Waals surface area (Å²) in [6.07, 6.45) is 5.62. The Hall–Kier alpha value is 0.110. The third kappa shape index (κ3) is 7.85. The summed E-state index contributed by atoms with van der Waals surface area (Å²) in [5.41, 5.74) is -1.11. The Balaban J connectivity index is 0.00000523. The molecule has 0 aromatic heterocycles. The van der Waals surface area contributed by atoms with Gasteiger partial charge in [0.2, 0.25) is 0 Å². The Morgan fingerprint density at radius 1 is 0.885 bits per heavy atom. The van der Waals surface area contributed by atoms with E-state index in [0.29, 0.717) is 6.42 Å². The maximum atomic E-state index is 11.7. The second-order valence-corrected chi connectivity index (χ2v) is 18.4. The SMILES string of the molecule is COC1CC(CC2CCC(C)C(C(C)C(=O)[O-])O2)OC2(OC(C)(C3CCC(C)(C4OC(C5OC(O)(CO)C(C)CC5C)CC4C)O3)CC2C)C1C.[Na+]. The van der Waals surface area contributed by atoms with Crippen LogP contribution in [0.4, 0.5) is 0 Å². The molecule has 0 amide bonds. The average Bonchev–Trinajstić information content (AvgIpc) is 3.75. The van der Waals surface area contributed by atoms with E-state index >= 15 is 0 Å². The Bertz CT molecular complexity index is 1240. The number of methoxy groups -OCH3 is 1. The smallest absolute Gasteiger partial charge is 0.550 e. The molecule has 52 heavy (non-hydrogen) atoms. The minimum atomic E-state index is -1.55. The largest absolute Gasteiger partial charge is 1.00 e. The van der Waals surface area contributed by atoms with Crippen molar-refractivity contribution in [3.63, 3.8) is 0 Å². The van der Waals surface area contributed by atoms with Crippen molar-refractivity contribution in [1.29, 1.82) is 0 Å². The van der Waals surface area contributed by atoms with E-state index < -0.39 is 41.3 Å². The third-order valence-electron chi connectivity index (χ3n) is 14.4. The fourth-order valence-corrected chi connectivity index (χ4v) is 11.3. The summed E-state index contributed by atoms with van der Waals surface area (Å²) in [5.74, 6) is -3.70. The zero-order valence-corrected chi connectivity index (χ0v) is 35.8. The third-order valence-corrected chi connectivity index (χ3v) is 14.4. The van der Waals surface area contributed by atoms with E-state index in [9.17, 15) is 20.1 Å². The van der Waals surface area contributed by atoms with E-state index in [4.69, 9.17) is 33.2 Å². The second kappa shape index (κ2) is 16.2. The maximum Gasteiger partial charge on any atom is 1.00 e. The van der Waals surface area contributed by atoms with Crippen molar-refractivity contribution >= 4 is 5.97 Å². The molecule has 12 heteroatoms. The number of ether oxygens (including phenoxy) is 7. The number of hydrogen-bond donors (Lipinski definition) is 2. The molecule has 0 radical (unpaired) electrons. The van der Waals surface area contributed by atoms with Gasteiger partial charge in [0, 0.05) is 49.6 Å². The summed E-state index contributed by atoms with van der Waals surface area (Å²) in [5, 5.41) is 32.7. The van der Waals surface area contributed by atoms with Crippen LogP contribution in [0.15, 0.2) is 0 Å². The first-order valence-corrected chi connectivity index (χ1v) is 20.0. The van der Waals surface area contributed by atoms with Gasteiger partial charge in [0.1, 0.15) is 0 Å². The summed E-state index contributed by atoms with van der Waals surface area (Å²) in [6.45, 7) is 18.3. The molecule has 6 aliphatic rings. The fourth-order valence-electron chi connectivity index (χ4n) is 11.3. The minimum Gasteiger partial charge on any atom is -0.550 e. The van der Waals surface area contributed by atoms with E-state index in [-0.39, 0.29) is 114 Å². The summed E-state index contributed by atoms with van der Waals surface area (Å²) in [6, 6.07) is 0. The molecule has 6 saturated heterocycles. The molecule has 19 unspecified atom stereocenters. The Labute approximate surface area is 334 Å². The topological polar surface area (TPSA) is 145 Å². The molecule has 1 spiro atoms. The predicted octanol–water partition coefficient (Wildman–Crippen LogP) is 1.37. The summed E-state index contributed by atoms with van der Waals surface area (Å²) >= 11 is 0. The van der Waals surface area contributed by atoms with E-state index in [1.165, 1.54) is 0 Å². The van der Waals surface area contributed by atoms with Crippen molar-refractivity contribution in [2.45, 2.75) is 192 Å². The van der Waals surface area contributed by atoms with Crippen LogP contribution >= 0.6 is 0 Å². The van der Waals surface area contributed by atoms with E-state index in [2.05, 4.69) is 48.5 Å². The van der Waals surface area contributed by atoms with Crippen LogP contribution in [0.1, 0.15) is 120 Å². The monoisotopic (exact) mass is 746 g/mol. The zero-order valence-electron chi connectivity index (χ0n) is 33.8. The number of carboxylic acid groups (broad SMARTS) is 1. The van der Waals surface area contributed by atoms with Crippen molar-refractivity contribution in [2.75, 3.05) is 13.7 Å². The van der Waals surface area contributed by atoms with Gasteiger partial charge in [0.15, 0.2) is 11.6 Å². The van der Waals surface area contributed by atoms with E-state index in [0.717, 1.165) is 51.4 Å². The number of carbonyl (C=O) groups excluding carboxylic acids is 1. The van der Waals surface area contributed by atoms with Crippen LogP contribution in [-0.2, 0) is 38.0 Å². The maximum absolute atomic E-state index is 11.7. The van der Waals surface area contributed by atoms with Gasteiger partial charge >= 0.3 is 29.6 Å². The van der Waals surface area contributed by atoms with Gasteiger partial charge in [0.25, 0.3) is 0 Å². The first kappa shape index (κ1) is 43.2. The summed E-state index contributed by atoms with van der Waals surface area (Å²) < 4.78 is 46.9. The molecular formula is C40H67NaO11. The number of carbonyl (C=O) groups is 1. The molecule has 19 atom stereocenters. The second-order valence-electron chi connectivity index (χ2n) is 18.4. The number of aliphatic carboxylic acids is 1. The Morgan fingerprint density at radius 2 is 1.60 bits per heavy atom. The van der Waals surface area contributed by atoms with Crippen LogP contribution in [-0.4, -0.2) is 102 Å². The molecule has 2 N–H and O–H groups in total. The molecule has 0 aromatic carbocycles. The van der Waals surface area contributed by atoms with Gasteiger partial charge in [0.05, 0.1) is 66.6 Å². The van der Waals surface area contributed by atoms with Gasteiger partial charge in [-0.3, -0.25) is 0 Å². The first-order valence-electron chi connectivity index (χ1n) is 20.0. The number of carboxylic acids is 1. The van der Waals surface area contributed by atoms with Crippen LogP contribution in [0.3, 0.4) is 0 Å². The molecular weight excluding hydrogens is 679 g/mol. The first-order chi connectivity index (χ1) is 23.9. The molecule has 0 saturated carbocycles. The fraction of sp³-hybridized carbons (Fsp3) is 0.975. The summed E-state index contributed by atoms with van der Waals surface area (Å²) in [7, 11) is 1.76. The van der Waals surface area contributed by atoms with Gasteiger partial charge in [-0.25, -0.2) is 0 Å². The molecule has 6 fully saturated rings. The standard InChI is InChI=1S/C40H68O11.Na/c1-21-11-12-28(46-33(21)26(6)36(42)43)17-29-18-30(45-10)27(7)40(48-29)25(5)19-38(9,51-40)32-13-14-37(8,49-32)35-23(3)16-31(47-35)34-22(2)15-24(4)39(44,20-41)50-34;/h21-35,41,44H,11-20H2,1-10H3,(H,42,43);/q;+1/p-1. The van der Waals surface area contributed by atoms with Crippen molar-refractivity contribution in [1.82, 2.24) is 0 Å². The number of aliphatic hydroxyl groups is 2. The molecule has 11 nitrogen and oxygen atoms in total. The van der Waals surface area contributed by atoms with Crippen molar-refractivity contribution in [2.24, 2.45) is 41.4 Å². The van der Waals surface area contributed by atoms with Crippen LogP contribution < -0.4 is 34.7 Å². The van der Waals surface area contributed by atoms with Gasteiger partial charge < -0.3 is 53.3 Å². The van der Waals surface area contributed by atoms with Crippen molar-refractivity contribution in [3.05, 3.63) is 0 Å². The molecule has 0 aliphatic carbocycles. The van der Waals surface area contributed by atoms with Crippen LogP contribution in [0.5, 0.6) is 0 Å². The van der Waals surface area contributed by atoms with E-state index in [1.807, 2.05) is 6.92 Å². The zero-order chi connectivity index (χ0) is 37.3. The van der Waals surface area contributed by atoms with Gasteiger partial charge in [-0.1, -0.05) is 48.5 Å². The molecule has 0 bridgehead atoms. The van der Waals surface area contributed by atoms with Gasteiger partial charge in [-0.05, 0) is 76.5 Å². The van der Waals surface area contributed by atoms with Crippen LogP contribution in [0.2, 0.25) is 0 Å². The normalized spacial score (nSPS) is 53.2. The summed E-state index contributed by atoms with van der Waals surface area (Å²) in [4.78, 5) is 11.7. The Kier molecular flexibility index (Phi) is 13.4.